The van der Waals surface area contributed by atoms with Gasteiger partial charge in [-0.05, 0) is 30.1 Å². The molecular weight excluding hydrogens is 310 g/mol. The highest BCUT2D eigenvalue weighted by molar-refractivity contribution is 7.07. The van der Waals surface area contributed by atoms with E-state index in [0.717, 1.165) is 28.5 Å². The molecule has 2 heterocycles. The molecule has 7 heteroatoms. The van der Waals surface area contributed by atoms with E-state index in [0.29, 0.717) is 17.8 Å². The molecule has 3 aromatic rings. The highest BCUT2D eigenvalue weighted by Crippen LogP contribution is 2.16. The average Bonchev–Trinajstić information content (AvgIpc) is 3.23. The van der Waals surface area contributed by atoms with Gasteiger partial charge in [-0.2, -0.15) is 5.10 Å². The van der Waals surface area contributed by atoms with E-state index in [4.69, 9.17) is 0 Å². The van der Waals surface area contributed by atoms with Gasteiger partial charge in [-0.3, -0.25) is 4.79 Å². The maximum atomic E-state index is 12.5. The molecule has 0 aliphatic carbocycles. The number of para-hydroxylation sites is 1. The van der Waals surface area contributed by atoms with Crippen LogP contribution in [0.3, 0.4) is 0 Å². The summed E-state index contributed by atoms with van der Waals surface area (Å²) in [6.45, 7) is 2.46. The normalized spacial score (nSPS) is 10.7. The molecule has 1 amide bonds. The summed E-state index contributed by atoms with van der Waals surface area (Å²) in [5, 5.41) is 8.35. The SMILES string of the molecule is CCc1nnsc1C(=O)N(C)Cc1cnn(-c2ccccc2)c1. The Morgan fingerprint density at radius 3 is 2.83 bits per heavy atom. The molecule has 0 spiro atoms. The summed E-state index contributed by atoms with van der Waals surface area (Å²) < 4.78 is 5.68. The van der Waals surface area contributed by atoms with Crippen molar-refractivity contribution in [3.63, 3.8) is 0 Å². The van der Waals surface area contributed by atoms with Gasteiger partial charge in [-0.25, -0.2) is 4.68 Å². The molecule has 0 aliphatic rings. The summed E-state index contributed by atoms with van der Waals surface area (Å²) in [4.78, 5) is 14.8. The summed E-state index contributed by atoms with van der Waals surface area (Å²) >= 11 is 1.15. The summed E-state index contributed by atoms with van der Waals surface area (Å²) in [6, 6.07) is 9.88. The van der Waals surface area contributed by atoms with Crippen molar-refractivity contribution in [2.75, 3.05) is 7.05 Å². The van der Waals surface area contributed by atoms with Gasteiger partial charge in [0.15, 0.2) is 0 Å². The Bertz CT molecular complexity index is 796. The lowest BCUT2D eigenvalue weighted by Crippen LogP contribution is -2.26. The second kappa shape index (κ2) is 6.70. The molecular formula is C16H17N5OS. The number of carbonyl (C=O) groups excluding carboxylic acids is 1. The van der Waals surface area contributed by atoms with Crippen molar-refractivity contribution in [3.05, 3.63) is 58.9 Å². The lowest BCUT2D eigenvalue weighted by Gasteiger charge is -2.15. The predicted molar refractivity (Wildman–Crippen MR) is 88.6 cm³/mol. The van der Waals surface area contributed by atoms with Crippen molar-refractivity contribution in [3.8, 4) is 5.69 Å². The van der Waals surface area contributed by atoms with E-state index < -0.39 is 0 Å². The lowest BCUT2D eigenvalue weighted by atomic mass is 10.2. The lowest BCUT2D eigenvalue weighted by molar-refractivity contribution is 0.0788. The molecule has 0 N–H and O–H groups in total. The van der Waals surface area contributed by atoms with Crippen molar-refractivity contribution < 1.29 is 4.79 Å². The largest absolute Gasteiger partial charge is 0.336 e. The zero-order valence-corrected chi connectivity index (χ0v) is 13.8. The van der Waals surface area contributed by atoms with Crippen LogP contribution in [0.4, 0.5) is 0 Å². The summed E-state index contributed by atoms with van der Waals surface area (Å²) in [7, 11) is 1.78. The van der Waals surface area contributed by atoms with Crippen molar-refractivity contribution in [2.24, 2.45) is 0 Å². The number of hydrogen-bond donors (Lipinski definition) is 0. The van der Waals surface area contributed by atoms with Gasteiger partial charge in [0, 0.05) is 25.4 Å². The summed E-state index contributed by atoms with van der Waals surface area (Å²) in [5.74, 6) is -0.0516. The molecule has 6 nitrogen and oxygen atoms in total. The van der Waals surface area contributed by atoms with Crippen LogP contribution < -0.4 is 0 Å². The summed E-state index contributed by atoms with van der Waals surface area (Å²) in [5.41, 5.74) is 2.72. The van der Waals surface area contributed by atoms with Crippen LogP contribution >= 0.6 is 11.5 Å². The quantitative estimate of drug-likeness (QED) is 0.722. The van der Waals surface area contributed by atoms with Gasteiger partial charge in [0.2, 0.25) is 0 Å². The van der Waals surface area contributed by atoms with E-state index in [-0.39, 0.29) is 5.91 Å². The Hall–Kier alpha value is -2.54. The van der Waals surface area contributed by atoms with Crippen molar-refractivity contribution in [1.82, 2.24) is 24.3 Å². The van der Waals surface area contributed by atoms with Gasteiger partial charge in [-0.15, -0.1) is 5.10 Å². The molecule has 0 fully saturated rings. The molecule has 0 bridgehead atoms. The number of rotatable bonds is 5. The van der Waals surface area contributed by atoms with E-state index in [9.17, 15) is 4.79 Å². The van der Waals surface area contributed by atoms with Crippen molar-refractivity contribution in [2.45, 2.75) is 19.9 Å². The first kappa shape index (κ1) is 15.4. The number of benzene rings is 1. The highest BCUT2D eigenvalue weighted by atomic mass is 32.1. The topological polar surface area (TPSA) is 63.9 Å². The molecule has 0 saturated carbocycles. The van der Waals surface area contributed by atoms with Crippen LogP contribution in [0.25, 0.3) is 5.69 Å². The van der Waals surface area contributed by atoms with Crippen molar-refractivity contribution >= 4 is 17.4 Å². The molecule has 2 aromatic heterocycles. The Kier molecular flexibility index (Phi) is 4.47. The van der Waals surface area contributed by atoms with Gasteiger partial charge in [0.05, 0.1) is 17.6 Å². The van der Waals surface area contributed by atoms with E-state index in [2.05, 4.69) is 14.7 Å². The minimum atomic E-state index is -0.0516. The maximum absolute atomic E-state index is 12.5. The minimum Gasteiger partial charge on any atom is -0.336 e. The fraction of sp³-hybridized carbons (Fsp3) is 0.250. The first-order chi connectivity index (χ1) is 11.2. The fourth-order valence-electron chi connectivity index (χ4n) is 2.29. The Balaban J connectivity index is 1.72. The third kappa shape index (κ3) is 3.29. The molecule has 3 rings (SSSR count). The highest BCUT2D eigenvalue weighted by Gasteiger charge is 2.19. The van der Waals surface area contributed by atoms with E-state index in [1.54, 1.807) is 22.8 Å². The van der Waals surface area contributed by atoms with E-state index >= 15 is 0 Å². The molecule has 23 heavy (non-hydrogen) atoms. The molecule has 118 valence electrons. The van der Waals surface area contributed by atoms with Crippen LogP contribution in [0.1, 0.15) is 27.9 Å². The first-order valence-electron chi connectivity index (χ1n) is 7.34. The number of aryl methyl sites for hydroxylation is 1. The smallest absolute Gasteiger partial charge is 0.267 e. The van der Waals surface area contributed by atoms with Crippen LogP contribution in [-0.2, 0) is 13.0 Å². The van der Waals surface area contributed by atoms with Crippen LogP contribution in [0.2, 0.25) is 0 Å². The molecule has 1 aromatic carbocycles. The Morgan fingerprint density at radius 1 is 1.30 bits per heavy atom. The first-order valence-corrected chi connectivity index (χ1v) is 8.12. The monoisotopic (exact) mass is 327 g/mol. The van der Waals surface area contributed by atoms with Gasteiger partial charge < -0.3 is 4.90 Å². The van der Waals surface area contributed by atoms with Crippen LogP contribution in [-0.4, -0.2) is 37.2 Å². The zero-order valence-electron chi connectivity index (χ0n) is 13.0. The molecule has 0 atom stereocenters. The average molecular weight is 327 g/mol. The van der Waals surface area contributed by atoms with Gasteiger partial charge in [0.1, 0.15) is 4.88 Å². The number of aromatic nitrogens is 4. The van der Waals surface area contributed by atoms with E-state index in [1.165, 1.54) is 0 Å². The maximum Gasteiger partial charge on any atom is 0.267 e. The van der Waals surface area contributed by atoms with Crippen LogP contribution in [0, 0.1) is 0 Å². The molecule has 0 aliphatic heterocycles. The third-order valence-electron chi connectivity index (χ3n) is 3.51. The summed E-state index contributed by atoms with van der Waals surface area (Å²) in [6.07, 6.45) is 4.42. The number of hydrogen-bond acceptors (Lipinski definition) is 5. The second-order valence-corrected chi connectivity index (χ2v) is 5.95. The van der Waals surface area contributed by atoms with Gasteiger partial charge in [0.25, 0.3) is 5.91 Å². The zero-order chi connectivity index (χ0) is 16.2. The number of carbonyl (C=O) groups is 1. The third-order valence-corrected chi connectivity index (χ3v) is 4.26. The molecule has 0 saturated heterocycles. The fourth-order valence-corrected chi connectivity index (χ4v) is 3.03. The Morgan fingerprint density at radius 2 is 2.09 bits per heavy atom. The number of nitrogens with zero attached hydrogens (tertiary/aromatic N) is 5. The van der Waals surface area contributed by atoms with Crippen LogP contribution in [0.15, 0.2) is 42.7 Å². The molecule has 0 unspecified atom stereocenters. The minimum absolute atomic E-state index is 0.0516. The van der Waals surface area contributed by atoms with Gasteiger partial charge in [-0.1, -0.05) is 29.6 Å². The standard InChI is InChI=1S/C16H17N5OS/c1-3-14-15(23-19-18-14)16(22)20(2)10-12-9-17-21(11-12)13-7-5-4-6-8-13/h4-9,11H,3,10H2,1-2H3. The second-order valence-electron chi connectivity index (χ2n) is 5.19. The van der Waals surface area contributed by atoms with Gasteiger partial charge >= 0.3 is 0 Å². The number of amides is 1. The van der Waals surface area contributed by atoms with E-state index in [1.807, 2.05) is 43.5 Å². The molecule has 0 radical (unpaired) electrons. The predicted octanol–water partition coefficient (Wildman–Crippen LogP) is 2.56. The Labute approximate surface area is 138 Å². The van der Waals surface area contributed by atoms with Crippen molar-refractivity contribution in [1.29, 1.82) is 0 Å². The van der Waals surface area contributed by atoms with Crippen LogP contribution in [0.5, 0.6) is 0 Å².